The van der Waals surface area contributed by atoms with E-state index in [1.54, 1.807) is 12.4 Å². The number of halogens is 1. The maximum absolute atomic E-state index is 13.3. The monoisotopic (exact) mass is 388 g/mol. The van der Waals surface area contributed by atoms with Crippen LogP contribution in [0.1, 0.15) is 24.0 Å². The molecule has 1 fully saturated rings. The summed E-state index contributed by atoms with van der Waals surface area (Å²) >= 11 is 0. The third-order valence-electron chi connectivity index (χ3n) is 5.64. The van der Waals surface area contributed by atoms with E-state index in [4.69, 9.17) is 4.99 Å². The van der Waals surface area contributed by atoms with Crippen molar-refractivity contribution in [2.24, 2.45) is 10.9 Å². The van der Waals surface area contributed by atoms with Crippen molar-refractivity contribution in [1.82, 2.24) is 14.8 Å². The molecule has 4 rings (SSSR count). The van der Waals surface area contributed by atoms with E-state index in [0.717, 1.165) is 60.0 Å². The molecule has 0 aliphatic carbocycles. The number of nitrogens with zero attached hydrogens (tertiary/aromatic N) is 4. The van der Waals surface area contributed by atoms with Crippen LogP contribution in [-0.4, -0.2) is 40.9 Å². The Bertz CT molecular complexity index is 976. The molecule has 0 spiro atoms. The third kappa shape index (κ3) is 3.99. The van der Waals surface area contributed by atoms with Gasteiger partial charge in [-0.2, -0.15) is 0 Å². The molecule has 1 atom stereocenters. The van der Waals surface area contributed by atoms with Crippen LogP contribution in [0.25, 0.3) is 11.3 Å². The van der Waals surface area contributed by atoms with Crippen molar-refractivity contribution >= 4 is 17.2 Å². The van der Waals surface area contributed by atoms with Crippen molar-refractivity contribution in [3.63, 3.8) is 0 Å². The Morgan fingerprint density at radius 3 is 2.59 bits per heavy atom. The molecule has 2 aromatic rings. The Morgan fingerprint density at radius 2 is 1.86 bits per heavy atom. The Hall–Kier alpha value is -3.21. The van der Waals surface area contributed by atoms with E-state index in [2.05, 4.69) is 23.0 Å². The molecule has 0 amide bonds. The molecule has 29 heavy (non-hydrogen) atoms. The van der Waals surface area contributed by atoms with Crippen LogP contribution in [0.5, 0.6) is 0 Å². The first-order valence-corrected chi connectivity index (χ1v) is 9.86. The molecule has 2 aliphatic rings. The molecular formula is C24H25FN4. The molecule has 1 aromatic carbocycles. The van der Waals surface area contributed by atoms with E-state index in [1.807, 2.05) is 42.3 Å². The summed E-state index contributed by atoms with van der Waals surface area (Å²) in [5.74, 6) is 0.980. The summed E-state index contributed by atoms with van der Waals surface area (Å²) < 4.78 is 13.3. The van der Waals surface area contributed by atoms with Crippen LogP contribution in [0.4, 0.5) is 4.39 Å². The first kappa shape index (κ1) is 19.1. The second-order valence-corrected chi connectivity index (χ2v) is 7.54. The van der Waals surface area contributed by atoms with E-state index in [0.29, 0.717) is 5.92 Å². The predicted octanol–water partition coefficient (Wildman–Crippen LogP) is 4.80. The van der Waals surface area contributed by atoms with Crippen LogP contribution in [0.3, 0.4) is 0 Å². The molecule has 4 nitrogen and oxygen atoms in total. The summed E-state index contributed by atoms with van der Waals surface area (Å²) in [6, 6.07) is 10.5. The third-order valence-corrected chi connectivity index (χ3v) is 5.64. The Balaban J connectivity index is 1.57. The zero-order valence-corrected chi connectivity index (χ0v) is 16.7. The summed E-state index contributed by atoms with van der Waals surface area (Å²) in [5, 5.41) is 0. The maximum Gasteiger partial charge on any atom is 0.206 e. The normalized spacial score (nSPS) is 19.7. The number of aromatic nitrogens is 1. The van der Waals surface area contributed by atoms with Crippen molar-refractivity contribution in [1.29, 1.82) is 0 Å². The molecule has 0 bridgehead atoms. The number of benzene rings is 1. The van der Waals surface area contributed by atoms with Gasteiger partial charge in [0, 0.05) is 49.7 Å². The largest absolute Gasteiger partial charge is 0.342 e. The predicted molar refractivity (Wildman–Crippen MR) is 116 cm³/mol. The van der Waals surface area contributed by atoms with E-state index >= 15 is 0 Å². The highest BCUT2D eigenvalue weighted by Crippen LogP contribution is 2.32. The number of aliphatic imine (C=N–C) groups is 1. The van der Waals surface area contributed by atoms with Gasteiger partial charge in [-0.3, -0.25) is 4.98 Å². The summed E-state index contributed by atoms with van der Waals surface area (Å²) in [6.45, 7) is 10.3. The number of hydrogen-bond donors (Lipinski definition) is 0. The van der Waals surface area contributed by atoms with Crippen LogP contribution in [0, 0.1) is 11.7 Å². The van der Waals surface area contributed by atoms with Crippen molar-refractivity contribution < 1.29 is 4.39 Å². The lowest BCUT2D eigenvalue weighted by atomic mass is 9.87. The van der Waals surface area contributed by atoms with Crippen LogP contribution >= 0.6 is 0 Å². The quantitative estimate of drug-likeness (QED) is 0.757. The zero-order chi connectivity index (χ0) is 20.4. The van der Waals surface area contributed by atoms with Crippen LogP contribution < -0.4 is 0 Å². The van der Waals surface area contributed by atoms with Crippen molar-refractivity contribution in [2.45, 2.75) is 12.8 Å². The zero-order valence-electron chi connectivity index (χ0n) is 16.7. The van der Waals surface area contributed by atoms with Gasteiger partial charge in [0.15, 0.2) is 0 Å². The topological polar surface area (TPSA) is 31.7 Å². The molecule has 1 saturated heterocycles. The second kappa shape index (κ2) is 8.03. The standard InChI is InChI=1S/C24H25FN4/c1-17-15-23(20-10-12-26-13-11-20)27-24(28(17)3)29-14-4-5-21(16-29)18(2)19-6-8-22(25)9-7-19/h6-13,15,21H,1-2,4-5,14,16H2,3H3. The fourth-order valence-corrected chi connectivity index (χ4v) is 3.89. The minimum absolute atomic E-state index is 0.223. The molecule has 3 heterocycles. The lowest BCUT2D eigenvalue weighted by Gasteiger charge is -2.40. The van der Waals surface area contributed by atoms with Gasteiger partial charge in [-0.25, -0.2) is 9.38 Å². The summed E-state index contributed by atoms with van der Waals surface area (Å²) in [5.41, 5.74) is 4.87. The van der Waals surface area contributed by atoms with Crippen LogP contribution in [0.15, 0.2) is 78.7 Å². The van der Waals surface area contributed by atoms with Gasteiger partial charge in [0.25, 0.3) is 0 Å². The number of piperidine rings is 1. The summed E-state index contributed by atoms with van der Waals surface area (Å²) in [7, 11) is 2.00. The second-order valence-electron chi connectivity index (χ2n) is 7.54. The van der Waals surface area contributed by atoms with Gasteiger partial charge in [0.2, 0.25) is 5.96 Å². The lowest BCUT2D eigenvalue weighted by Crippen LogP contribution is -2.47. The Kier molecular flexibility index (Phi) is 5.30. The molecule has 148 valence electrons. The van der Waals surface area contributed by atoms with Crippen molar-refractivity contribution in [3.8, 4) is 0 Å². The SMILES string of the molecule is C=C(c1ccc(F)cc1)C1CCCN(C2=NC(c3ccncc3)=CC(=C)N2C)C1. The van der Waals surface area contributed by atoms with Crippen LogP contribution in [0.2, 0.25) is 0 Å². The molecular weight excluding hydrogens is 363 g/mol. The first-order chi connectivity index (χ1) is 14.0. The van der Waals surface area contributed by atoms with Crippen molar-refractivity contribution in [2.75, 3.05) is 20.1 Å². The van der Waals surface area contributed by atoms with E-state index in [9.17, 15) is 4.39 Å². The highest BCUT2D eigenvalue weighted by Gasteiger charge is 2.29. The fourth-order valence-electron chi connectivity index (χ4n) is 3.89. The van der Waals surface area contributed by atoms with Gasteiger partial charge in [0.05, 0.1) is 5.70 Å². The van der Waals surface area contributed by atoms with Crippen molar-refractivity contribution in [3.05, 3.63) is 90.7 Å². The average Bonchev–Trinajstić information content (AvgIpc) is 2.76. The average molecular weight is 388 g/mol. The molecule has 1 aromatic heterocycles. The maximum atomic E-state index is 13.3. The first-order valence-electron chi connectivity index (χ1n) is 9.86. The Morgan fingerprint density at radius 1 is 1.14 bits per heavy atom. The van der Waals surface area contributed by atoms with Gasteiger partial charge in [-0.15, -0.1) is 0 Å². The molecule has 1 unspecified atom stereocenters. The number of likely N-dealkylation sites (tertiary alicyclic amines) is 1. The number of rotatable bonds is 3. The minimum Gasteiger partial charge on any atom is -0.342 e. The van der Waals surface area contributed by atoms with E-state index < -0.39 is 0 Å². The minimum atomic E-state index is -0.223. The highest BCUT2D eigenvalue weighted by atomic mass is 19.1. The van der Waals surface area contributed by atoms with Gasteiger partial charge in [-0.1, -0.05) is 25.3 Å². The molecule has 0 radical (unpaired) electrons. The Labute approximate surface area is 171 Å². The van der Waals surface area contributed by atoms with Gasteiger partial charge in [-0.05, 0) is 54.3 Å². The molecule has 0 N–H and O–H groups in total. The number of allylic oxidation sites excluding steroid dienone is 1. The summed E-state index contributed by atoms with van der Waals surface area (Å²) in [4.78, 5) is 13.4. The van der Waals surface area contributed by atoms with Gasteiger partial charge >= 0.3 is 0 Å². The van der Waals surface area contributed by atoms with Crippen LogP contribution in [-0.2, 0) is 0 Å². The molecule has 0 saturated carbocycles. The summed E-state index contributed by atoms with van der Waals surface area (Å²) in [6.07, 6.45) is 7.67. The highest BCUT2D eigenvalue weighted by molar-refractivity contribution is 5.91. The number of pyridine rings is 1. The molecule has 2 aliphatic heterocycles. The fraction of sp³-hybridized carbons (Fsp3) is 0.250. The van der Waals surface area contributed by atoms with Gasteiger partial charge in [0.1, 0.15) is 5.82 Å². The van der Waals surface area contributed by atoms with E-state index in [1.165, 1.54) is 12.1 Å². The number of hydrogen-bond acceptors (Lipinski definition) is 4. The lowest BCUT2D eigenvalue weighted by molar-refractivity contribution is 0.275. The van der Waals surface area contributed by atoms with Gasteiger partial charge < -0.3 is 9.80 Å². The van der Waals surface area contributed by atoms with E-state index in [-0.39, 0.29) is 5.82 Å². The smallest absolute Gasteiger partial charge is 0.206 e. The number of guanidine groups is 1. The molecule has 5 heteroatoms. The number of likely N-dealkylation sites (N-methyl/N-ethyl adjacent to an activating group) is 1.